The highest BCUT2D eigenvalue weighted by Crippen LogP contribution is 2.37. The van der Waals surface area contributed by atoms with Gasteiger partial charge in [0.1, 0.15) is 5.75 Å². The normalized spacial score (nSPS) is 26.3. The minimum atomic E-state index is -0.418. The zero-order valence-corrected chi connectivity index (χ0v) is 14.8. The lowest BCUT2D eigenvalue weighted by atomic mass is 9.77. The summed E-state index contributed by atoms with van der Waals surface area (Å²) in [5, 5.41) is 0. The fourth-order valence-corrected chi connectivity index (χ4v) is 2.88. The summed E-state index contributed by atoms with van der Waals surface area (Å²) in [7, 11) is -0.418. The lowest BCUT2D eigenvalue weighted by molar-refractivity contribution is -0.105. The van der Waals surface area contributed by atoms with Crippen molar-refractivity contribution in [1.82, 2.24) is 0 Å². The molecule has 0 radical (unpaired) electrons. The maximum absolute atomic E-state index is 6.19. The molecule has 0 amide bonds. The van der Waals surface area contributed by atoms with Gasteiger partial charge in [-0.05, 0) is 53.5 Å². The van der Waals surface area contributed by atoms with Gasteiger partial charge in [-0.1, -0.05) is 17.7 Å². The lowest BCUT2D eigenvalue weighted by Crippen LogP contribution is -2.41. The molecule has 126 valence electrons. The lowest BCUT2D eigenvalue weighted by Gasteiger charge is -2.32. The van der Waals surface area contributed by atoms with Crippen LogP contribution in [0.1, 0.15) is 52.5 Å². The molecule has 2 fully saturated rings. The molecule has 2 aliphatic heterocycles. The van der Waals surface area contributed by atoms with Crippen LogP contribution in [-0.4, -0.2) is 31.2 Å². The standard InChI is InChI=1S/C18H27BO4/c1-13-9-10-15(21-16-8-6-7-11-20-16)14(12-13)19-22-17(2,3)18(4,5)23-19/h9-10,12,16H,6-8,11H2,1-5H3. The van der Waals surface area contributed by atoms with E-state index in [0.29, 0.717) is 0 Å². The third-order valence-electron chi connectivity index (χ3n) is 5.07. The Bertz CT molecular complexity index is 548. The van der Waals surface area contributed by atoms with E-state index >= 15 is 0 Å². The number of benzene rings is 1. The number of aryl methyl sites for hydroxylation is 1. The summed E-state index contributed by atoms with van der Waals surface area (Å²) in [6.45, 7) is 11.1. The van der Waals surface area contributed by atoms with Crippen LogP contribution in [0.4, 0.5) is 0 Å². The minimum absolute atomic E-state index is 0.173. The zero-order valence-electron chi connectivity index (χ0n) is 14.8. The molecule has 0 aromatic heterocycles. The molecule has 23 heavy (non-hydrogen) atoms. The molecular weight excluding hydrogens is 291 g/mol. The van der Waals surface area contributed by atoms with Gasteiger partial charge >= 0.3 is 7.12 Å². The number of ether oxygens (including phenoxy) is 2. The maximum Gasteiger partial charge on any atom is 0.498 e. The van der Waals surface area contributed by atoms with Crippen LogP contribution in [0, 0.1) is 6.92 Å². The Labute approximate surface area is 139 Å². The molecule has 1 atom stereocenters. The van der Waals surface area contributed by atoms with E-state index in [9.17, 15) is 0 Å². The second-order valence-electron chi connectivity index (χ2n) is 7.54. The van der Waals surface area contributed by atoms with Gasteiger partial charge in [0.2, 0.25) is 0 Å². The van der Waals surface area contributed by atoms with E-state index in [2.05, 4.69) is 40.7 Å². The van der Waals surface area contributed by atoms with Crippen molar-refractivity contribution in [3.8, 4) is 5.75 Å². The average Bonchev–Trinajstić information content (AvgIpc) is 2.70. The van der Waals surface area contributed by atoms with Gasteiger partial charge in [-0.15, -0.1) is 0 Å². The quantitative estimate of drug-likeness (QED) is 0.802. The molecule has 5 heteroatoms. The van der Waals surface area contributed by atoms with Crippen LogP contribution < -0.4 is 10.2 Å². The summed E-state index contributed by atoms with van der Waals surface area (Å²) < 4.78 is 24.2. The summed E-state index contributed by atoms with van der Waals surface area (Å²) in [5.41, 5.74) is 1.38. The van der Waals surface area contributed by atoms with E-state index in [1.807, 2.05) is 12.1 Å². The van der Waals surface area contributed by atoms with Crippen LogP contribution in [0.25, 0.3) is 0 Å². The van der Waals surface area contributed by atoms with Crippen molar-refractivity contribution in [3.63, 3.8) is 0 Å². The second-order valence-corrected chi connectivity index (χ2v) is 7.54. The Morgan fingerprint density at radius 3 is 2.39 bits per heavy atom. The molecule has 2 saturated heterocycles. The number of hydrogen-bond donors (Lipinski definition) is 0. The Morgan fingerprint density at radius 2 is 1.78 bits per heavy atom. The van der Waals surface area contributed by atoms with E-state index in [1.165, 1.54) is 0 Å². The first-order chi connectivity index (χ1) is 10.8. The minimum Gasteiger partial charge on any atom is -0.465 e. The fourth-order valence-electron chi connectivity index (χ4n) is 2.88. The fraction of sp³-hybridized carbons (Fsp3) is 0.667. The molecule has 1 unspecified atom stereocenters. The first-order valence-corrected chi connectivity index (χ1v) is 8.53. The number of rotatable bonds is 3. The smallest absolute Gasteiger partial charge is 0.465 e. The zero-order chi connectivity index (χ0) is 16.7. The Hall–Kier alpha value is -1.04. The molecular formula is C18H27BO4. The molecule has 0 bridgehead atoms. The summed E-state index contributed by atoms with van der Waals surface area (Å²) in [6, 6.07) is 6.13. The first-order valence-electron chi connectivity index (χ1n) is 8.53. The number of hydrogen-bond acceptors (Lipinski definition) is 4. The van der Waals surface area contributed by atoms with Crippen molar-refractivity contribution in [2.75, 3.05) is 6.61 Å². The van der Waals surface area contributed by atoms with Gasteiger partial charge in [0, 0.05) is 11.9 Å². The monoisotopic (exact) mass is 318 g/mol. The summed E-state index contributed by atoms with van der Waals surface area (Å²) in [5.74, 6) is 0.793. The highest BCUT2D eigenvalue weighted by Gasteiger charge is 2.52. The van der Waals surface area contributed by atoms with Crippen LogP contribution in [0.3, 0.4) is 0 Å². The molecule has 2 aliphatic rings. The topological polar surface area (TPSA) is 36.9 Å². The summed E-state index contributed by atoms with van der Waals surface area (Å²) in [4.78, 5) is 0. The van der Waals surface area contributed by atoms with Gasteiger partial charge in [-0.3, -0.25) is 0 Å². The SMILES string of the molecule is Cc1ccc(OC2CCCCO2)c(B2OC(C)(C)C(C)(C)O2)c1. The van der Waals surface area contributed by atoms with Crippen LogP contribution >= 0.6 is 0 Å². The predicted molar refractivity (Wildman–Crippen MR) is 91.1 cm³/mol. The third-order valence-corrected chi connectivity index (χ3v) is 5.07. The Kier molecular flexibility index (Phi) is 4.47. The van der Waals surface area contributed by atoms with E-state index < -0.39 is 7.12 Å². The highest BCUT2D eigenvalue weighted by molar-refractivity contribution is 6.63. The van der Waals surface area contributed by atoms with Gasteiger partial charge in [0.05, 0.1) is 17.8 Å². The van der Waals surface area contributed by atoms with Crippen molar-refractivity contribution in [3.05, 3.63) is 23.8 Å². The molecule has 0 N–H and O–H groups in total. The van der Waals surface area contributed by atoms with Crippen LogP contribution in [-0.2, 0) is 14.0 Å². The molecule has 2 heterocycles. The van der Waals surface area contributed by atoms with Crippen molar-refractivity contribution in [1.29, 1.82) is 0 Å². The van der Waals surface area contributed by atoms with Crippen LogP contribution in [0.15, 0.2) is 18.2 Å². The molecule has 4 nitrogen and oxygen atoms in total. The average molecular weight is 318 g/mol. The Balaban J connectivity index is 1.85. The molecule has 3 rings (SSSR count). The van der Waals surface area contributed by atoms with Crippen molar-refractivity contribution < 1.29 is 18.8 Å². The molecule has 1 aromatic rings. The van der Waals surface area contributed by atoms with E-state index in [1.54, 1.807) is 0 Å². The van der Waals surface area contributed by atoms with Gasteiger partial charge in [-0.2, -0.15) is 0 Å². The third kappa shape index (κ3) is 3.42. The van der Waals surface area contributed by atoms with Crippen molar-refractivity contribution in [2.24, 2.45) is 0 Å². The Morgan fingerprint density at radius 1 is 1.09 bits per heavy atom. The second kappa shape index (κ2) is 6.12. The van der Waals surface area contributed by atoms with E-state index in [4.69, 9.17) is 18.8 Å². The van der Waals surface area contributed by atoms with Gasteiger partial charge in [0.15, 0.2) is 6.29 Å². The van der Waals surface area contributed by atoms with Crippen molar-refractivity contribution >= 4 is 12.6 Å². The largest absolute Gasteiger partial charge is 0.498 e. The highest BCUT2D eigenvalue weighted by atomic mass is 16.7. The first kappa shape index (κ1) is 16.8. The maximum atomic E-state index is 6.19. The van der Waals surface area contributed by atoms with E-state index in [-0.39, 0.29) is 17.5 Å². The molecule has 0 aliphatic carbocycles. The van der Waals surface area contributed by atoms with E-state index in [0.717, 1.165) is 42.6 Å². The van der Waals surface area contributed by atoms with Gasteiger partial charge in [-0.25, -0.2) is 0 Å². The summed E-state index contributed by atoms with van der Waals surface area (Å²) >= 11 is 0. The van der Waals surface area contributed by atoms with Gasteiger partial charge < -0.3 is 18.8 Å². The van der Waals surface area contributed by atoms with Crippen LogP contribution in [0.2, 0.25) is 0 Å². The molecule has 1 aromatic carbocycles. The molecule has 0 saturated carbocycles. The van der Waals surface area contributed by atoms with Crippen molar-refractivity contribution in [2.45, 2.75) is 71.4 Å². The predicted octanol–water partition coefficient (Wildman–Crippen LogP) is 3.20. The summed E-state index contributed by atoms with van der Waals surface area (Å²) in [6.07, 6.45) is 3.00. The van der Waals surface area contributed by atoms with Gasteiger partial charge in [0.25, 0.3) is 0 Å². The van der Waals surface area contributed by atoms with Crippen LogP contribution in [0.5, 0.6) is 5.75 Å². The molecule has 0 spiro atoms.